The first-order valence-electron chi connectivity index (χ1n) is 9.50. The molecule has 25 heavy (non-hydrogen) atoms. The van der Waals surface area contributed by atoms with Gasteiger partial charge in [-0.05, 0) is 63.0 Å². The largest absolute Gasteiger partial charge is 0.494 e. The number of carbonyl (C=O) groups excluding carboxylic acids is 1. The Labute approximate surface area is 158 Å². The first-order chi connectivity index (χ1) is 11.8. The Morgan fingerprint density at radius 3 is 2.40 bits per heavy atom. The molecule has 0 aromatic heterocycles. The third kappa shape index (κ3) is 6.87. The molecule has 1 fully saturated rings. The third-order valence-electron chi connectivity index (χ3n) is 4.59. The van der Waals surface area contributed by atoms with Crippen molar-refractivity contribution in [2.75, 3.05) is 26.2 Å². The van der Waals surface area contributed by atoms with Crippen LogP contribution in [0.3, 0.4) is 0 Å². The van der Waals surface area contributed by atoms with Gasteiger partial charge in [0.05, 0.1) is 6.61 Å². The molecule has 4 nitrogen and oxygen atoms in total. The summed E-state index contributed by atoms with van der Waals surface area (Å²) < 4.78 is 5.73. The van der Waals surface area contributed by atoms with Gasteiger partial charge in [-0.25, -0.2) is 0 Å². The number of amides is 1. The van der Waals surface area contributed by atoms with Crippen LogP contribution in [0.25, 0.3) is 0 Å². The van der Waals surface area contributed by atoms with E-state index in [-0.39, 0.29) is 18.3 Å². The Hall–Kier alpha value is -1.26. The zero-order chi connectivity index (χ0) is 17.2. The molecule has 2 rings (SSSR count). The molecule has 1 amide bonds. The zero-order valence-corrected chi connectivity index (χ0v) is 16.4. The van der Waals surface area contributed by atoms with Crippen molar-refractivity contribution in [3.05, 3.63) is 29.8 Å². The molecule has 0 bridgehead atoms. The van der Waals surface area contributed by atoms with Crippen LogP contribution in [0, 0.1) is 0 Å². The summed E-state index contributed by atoms with van der Waals surface area (Å²) >= 11 is 0. The molecule has 0 saturated carbocycles. The first kappa shape index (κ1) is 21.8. The van der Waals surface area contributed by atoms with Crippen molar-refractivity contribution >= 4 is 18.3 Å². The van der Waals surface area contributed by atoms with Crippen LogP contribution in [0.1, 0.15) is 62.7 Å². The van der Waals surface area contributed by atoms with Gasteiger partial charge < -0.3 is 15.0 Å². The van der Waals surface area contributed by atoms with E-state index in [9.17, 15) is 4.79 Å². The summed E-state index contributed by atoms with van der Waals surface area (Å²) in [5.74, 6) is 1.01. The molecule has 1 aromatic carbocycles. The van der Waals surface area contributed by atoms with Crippen LogP contribution < -0.4 is 10.1 Å². The Morgan fingerprint density at radius 2 is 1.80 bits per heavy atom. The number of hydrogen-bond donors (Lipinski definition) is 1. The molecule has 0 unspecified atom stereocenters. The summed E-state index contributed by atoms with van der Waals surface area (Å²) in [6.45, 7) is 7.90. The van der Waals surface area contributed by atoms with Crippen molar-refractivity contribution in [1.29, 1.82) is 0 Å². The number of nitrogens with one attached hydrogen (secondary N) is 1. The van der Waals surface area contributed by atoms with Crippen molar-refractivity contribution in [1.82, 2.24) is 10.2 Å². The maximum Gasteiger partial charge on any atom is 0.254 e. The van der Waals surface area contributed by atoms with Crippen LogP contribution in [0.4, 0.5) is 0 Å². The molecule has 0 spiro atoms. The molecule has 5 heteroatoms. The van der Waals surface area contributed by atoms with Gasteiger partial charge in [-0.15, -0.1) is 12.4 Å². The van der Waals surface area contributed by atoms with E-state index in [4.69, 9.17) is 4.74 Å². The lowest BCUT2D eigenvalue weighted by molar-refractivity contribution is 0.0642. The summed E-state index contributed by atoms with van der Waals surface area (Å²) in [5, 5.41) is 3.37. The summed E-state index contributed by atoms with van der Waals surface area (Å²) in [6.07, 6.45) is 6.56. The number of hydrogen-bond acceptors (Lipinski definition) is 3. The fourth-order valence-electron chi connectivity index (χ4n) is 3.21. The van der Waals surface area contributed by atoms with E-state index in [1.54, 1.807) is 0 Å². The summed E-state index contributed by atoms with van der Waals surface area (Å²) in [5.41, 5.74) is 0.767. The molecule has 1 aromatic rings. The van der Waals surface area contributed by atoms with Crippen LogP contribution in [0.15, 0.2) is 24.3 Å². The van der Waals surface area contributed by atoms with Crippen LogP contribution in [-0.4, -0.2) is 43.1 Å². The van der Waals surface area contributed by atoms with Crippen LogP contribution in [0.2, 0.25) is 0 Å². The molecule has 0 atom stereocenters. The average Bonchev–Trinajstić information content (AvgIpc) is 2.64. The van der Waals surface area contributed by atoms with Gasteiger partial charge in [-0.2, -0.15) is 0 Å². The molecule has 1 saturated heterocycles. The van der Waals surface area contributed by atoms with Gasteiger partial charge in [0.15, 0.2) is 0 Å². The SMILES string of the molecule is CCCCCOc1ccc(C(=O)N(CCC)C2CCNCC2)cc1.Cl. The molecule has 0 aliphatic carbocycles. The predicted octanol–water partition coefficient (Wildman–Crippen LogP) is 4.28. The predicted molar refractivity (Wildman–Crippen MR) is 106 cm³/mol. The second kappa shape index (κ2) is 12.2. The van der Waals surface area contributed by atoms with Gasteiger partial charge in [0, 0.05) is 18.2 Å². The van der Waals surface area contributed by atoms with Crippen molar-refractivity contribution in [2.24, 2.45) is 0 Å². The van der Waals surface area contributed by atoms with E-state index in [1.807, 2.05) is 24.3 Å². The topological polar surface area (TPSA) is 41.6 Å². The number of benzene rings is 1. The Balaban J connectivity index is 0.00000312. The van der Waals surface area contributed by atoms with Gasteiger partial charge >= 0.3 is 0 Å². The molecular formula is C20H33ClN2O2. The minimum absolute atomic E-state index is 0. The van der Waals surface area contributed by atoms with Gasteiger partial charge in [0.2, 0.25) is 0 Å². The van der Waals surface area contributed by atoms with Gasteiger partial charge in [-0.3, -0.25) is 4.79 Å². The van der Waals surface area contributed by atoms with Crippen molar-refractivity contribution in [3.63, 3.8) is 0 Å². The highest BCUT2D eigenvalue weighted by Gasteiger charge is 2.25. The number of rotatable bonds is 9. The van der Waals surface area contributed by atoms with Crippen LogP contribution >= 0.6 is 12.4 Å². The standard InChI is InChI=1S/C20H32N2O2.ClH/c1-3-5-6-16-24-19-9-7-17(8-10-19)20(23)22(15-4-2)18-11-13-21-14-12-18;/h7-10,18,21H,3-6,11-16H2,1-2H3;1H. The second-order valence-corrected chi connectivity index (χ2v) is 6.56. The third-order valence-corrected chi connectivity index (χ3v) is 4.59. The Morgan fingerprint density at radius 1 is 1.12 bits per heavy atom. The molecule has 1 aliphatic heterocycles. The highest BCUT2D eigenvalue weighted by atomic mass is 35.5. The monoisotopic (exact) mass is 368 g/mol. The normalized spacial score (nSPS) is 14.6. The van der Waals surface area contributed by atoms with E-state index in [1.165, 1.54) is 12.8 Å². The number of carbonyl (C=O) groups is 1. The van der Waals surface area contributed by atoms with Crippen LogP contribution in [0.5, 0.6) is 5.75 Å². The lowest BCUT2D eigenvalue weighted by Crippen LogP contribution is -2.46. The van der Waals surface area contributed by atoms with Gasteiger partial charge in [0.1, 0.15) is 5.75 Å². The molecule has 1 N–H and O–H groups in total. The molecule has 142 valence electrons. The summed E-state index contributed by atoms with van der Waals surface area (Å²) in [6, 6.07) is 8.02. The van der Waals surface area contributed by atoms with Crippen molar-refractivity contribution in [2.45, 2.75) is 58.4 Å². The zero-order valence-electron chi connectivity index (χ0n) is 15.6. The lowest BCUT2D eigenvalue weighted by Gasteiger charge is -2.34. The maximum atomic E-state index is 12.9. The Bertz CT molecular complexity index is 487. The molecular weight excluding hydrogens is 336 g/mol. The number of nitrogens with zero attached hydrogens (tertiary/aromatic N) is 1. The number of halogens is 1. The molecule has 1 aliphatic rings. The number of piperidine rings is 1. The van der Waals surface area contributed by atoms with E-state index in [0.717, 1.165) is 63.2 Å². The van der Waals surface area contributed by atoms with Gasteiger partial charge in [0.25, 0.3) is 5.91 Å². The minimum Gasteiger partial charge on any atom is -0.494 e. The molecule has 0 radical (unpaired) electrons. The fourth-order valence-corrected chi connectivity index (χ4v) is 3.21. The van der Waals surface area contributed by atoms with Crippen molar-refractivity contribution < 1.29 is 9.53 Å². The highest BCUT2D eigenvalue weighted by molar-refractivity contribution is 5.94. The first-order valence-corrected chi connectivity index (χ1v) is 9.50. The summed E-state index contributed by atoms with van der Waals surface area (Å²) in [7, 11) is 0. The summed E-state index contributed by atoms with van der Waals surface area (Å²) in [4.78, 5) is 15.0. The van der Waals surface area contributed by atoms with E-state index >= 15 is 0 Å². The van der Waals surface area contributed by atoms with E-state index in [2.05, 4.69) is 24.1 Å². The maximum absolute atomic E-state index is 12.9. The quantitative estimate of drug-likeness (QED) is 0.661. The van der Waals surface area contributed by atoms with Crippen molar-refractivity contribution in [3.8, 4) is 5.75 Å². The Kier molecular flexibility index (Phi) is 10.6. The highest BCUT2D eigenvalue weighted by Crippen LogP contribution is 2.19. The fraction of sp³-hybridized carbons (Fsp3) is 0.650. The van der Waals surface area contributed by atoms with E-state index < -0.39 is 0 Å². The number of ether oxygens (including phenoxy) is 1. The van der Waals surface area contributed by atoms with Gasteiger partial charge in [-0.1, -0.05) is 26.7 Å². The average molecular weight is 369 g/mol. The van der Waals surface area contributed by atoms with E-state index in [0.29, 0.717) is 6.04 Å². The smallest absolute Gasteiger partial charge is 0.254 e. The lowest BCUT2D eigenvalue weighted by atomic mass is 10.0. The minimum atomic E-state index is 0. The number of unbranched alkanes of at least 4 members (excludes halogenated alkanes) is 2. The molecule has 1 heterocycles. The van der Waals surface area contributed by atoms with Crippen LogP contribution in [-0.2, 0) is 0 Å². The second-order valence-electron chi connectivity index (χ2n) is 6.56.